The standard InChI is InChI=1S/C17H25N3O5/c1-11(2)15(17(24)25)19(5)16(23)12-8-9-20(10-12)14(22)7-6-13(21)18(3)4/h11-12,15H,8-10H2,1-5H3,(H,24,25)/t12-,15-/m0/s1. The molecule has 0 bridgehead atoms. The van der Waals surface area contributed by atoms with Crippen molar-refractivity contribution < 1.29 is 24.3 Å². The Bertz CT molecular complexity index is 618. The fourth-order valence-electron chi connectivity index (χ4n) is 2.77. The highest BCUT2D eigenvalue weighted by Gasteiger charge is 2.37. The molecule has 0 spiro atoms. The lowest BCUT2D eigenvalue weighted by atomic mass is 10.0. The Labute approximate surface area is 147 Å². The Morgan fingerprint density at radius 3 is 2.20 bits per heavy atom. The average Bonchev–Trinajstić information content (AvgIpc) is 3.00. The summed E-state index contributed by atoms with van der Waals surface area (Å²) in [5.41, 5.74) is 0. The Hall–Kier alpha value is -2.56. The van der Waals surface area contributed by atoms with E-state index in [2.05, 4.69) is 11.8 Å². The van der Waals surface area contributed by atoms with Crippen LogP contribution in [0.4, 0.5) is 0 Å². The predicted octanol–water partition coefficient (Wildman–Crippen LogP) is -0.506. The van der Waals surface area contributed by atoms with Crippen LogP contribution >= 0.6 is 0 Å². The summed E-state index contributed by atoms with van der Waals surface area (Å²) in [6, 6.07) is -0.908. The van der Waals surface area contributed by atoms with E-state index in [1.54, 1.807) is 13.8 Å². The number of carbonyl (C=O) groups excluding carboxylic acids is 3. The van der Waals surface area contributed by atoms with Crippen molar-refractivity contribution in [1.29, 1.82) is 0 Å². The second-order valence-corrected chi connectivity index (χ2v) is 6.66. The minimum absolute atomic E-state index is 0.178. The molecule has 0 aromatic heterocycles. The van der Waals surface area contributed by atoms with Gasteiger partial charge in [-0.25, -0.2) is 4.79 Å². The van der Waals surface area contributed by atoms with E-state index in [-0.39, 0.29) is 18.4 Å². The second kappa shape index (κ2) is 8.51. The number of carboxylic acids is 1. The third-order valence-corrected chi connectivity index (χ3v) is 4.16. The fourth-order valence-corrected chi connectivity index (χ4v) is 2.77. The molecule has 138 valence electrons. The van der Waals surface area contributed by atoms with Gasteiger partial charge in [0, 0.05) is 46.1 Å². The van der Waals surface area contributed by atoms with Crippen LogP contribution < -0.4 is 0 Å². The van der Waals surface area contributed by atoms with Gasteiger partial charge in [-0.2, -0.15) is 0 Å². The number of carbonyl (C=O) groups is 4. The number of hydrogen-bond acceptors (Lipinski definition) is 4. The van der Waals surface area contributed by atoms with Gasteiger partial charge < -0.3 is 19.8 Å². The van der Waals surface area contributed by atoms with E-state index >= 15 is 0 Å². The molecule has 1 rings (SSSR count). The van der Waals surface area contributed by atoms with Crippen LogP contribution in [-0.2, 0) is 19.2 Å². The van der Waals surface area contributed by atoms with Gasteiger partial charge in [-0.05, 0) is 12.3 Å². The molecule has 3 amide bonds. The molecule has 1 N–H and O–H groups in total. The molecule has 1 aliphatic rings. The molecule has 1 fully saturated rings. The van der Waals surface area contributed by atoms with Gasteiger partial charge in [0.2, 0.25) is 5.91 Å². The van der Waals surface area contributed by atoms with Crippen LogP contribution in [-0.4, -0.2) is 83.8 Å². The maximum atomic E-state index is 12.5. The van der Waals surface area contributed by atoms with Crippen molar-refractivity contribution in [3.05, 3.63) is 0 Å². The molecule has 0 aromatic rings. The first-order valence-corrected chi connectivity index (χ1v) is 8.08. The van der Waals surface area contributed by atoms with Crippen molar-refractivity contribution in [2.24, 2.45) is 11.8 Å². The molecule has 1 heterocycles. The minimum atomic E-state index is -1.05. The highest BCUT2D eigenvalue weighted by atomic mass is 16.4. The topological polar surface area (TPSA) is 98.2 Å². The lowest BCUT2D eigenvalue weighted by Gasteiger charge is -2.29. The van der Waals surface area contributed by atoms with E-state index in [0.29, 0.717) is 13.0 Å². The summed E-state index contributed by atoms with van der Waals surface area (Å²) in [4.78, 5) is 51.3. The molecule has 8 heteroatoms. The molecule has 8 nitrogen and oxygen atoms in total. The predicted molar refractivity (Wildman–Crippen MR) is 90.2 cm³/mol. The molecular formula is C17H25N3O5. The number of likely N-dealkylation sites (tertiary alicyclic amines) is 1. The molecule has 0 aromatic carbocycles. The van der Waals surface area contributed by atoms with Crippen LogP contribution in [0.2, 0.25) is 0 Å². The number of amides is 3. The maximum Gasteiger partial charge on any atom is 0.326 e. The van der Waals surface area contributed by atoms with E-state index in [1.807, 2.05) is 0 Å². The largest absolute Gasteiger partial charge is 0.480 e. The van der Waals surface area contributed by atoms with Crippen molar-refractivity contribution in [2.75, 3.05) is 34.2 Å². The smallest absolute Gasteiger partial charge is 0.326 e. The third-order valence-electron chi connectivity index (χ3n) is 4.16. The molecule has 2 atom stereocenters. The van der Waals surface area contributed by atoms with E-state index < -0.39 is 29.7 Å². The maximum absolute atomic E-state index is 12.5. The first-order valence-electron chi connectivity index (χ1n) is 8.08. The van der Waals surface area contributed by atoms with Gasteiger partial charge in [0.1, 0.15) is 6.04 Å². The third kappa shape index (κ3) is 5.21. The van der Waals surface area contributed by atoms with Crippen LogP contribution in [0, 0.1) is 23.7 Å². The van der Waals surface area contributed by atoms with E-state index in [1.165, 1.54) is 35.8 Å². The number of hydrogen-bond donors (Lipinski definition) is 1. The van der Waals surface area contributed by atoms with Crippen molar-refractivity contribution in [3.63, 3.8) is 0 Å². The zero-order chi connectivity index (χ0) is 19.3. The molecule has 0 saturated carbocycles. The quantitative estimate of drug-likeness (QED) is 0.688. The van der Waals surface area contributed by atoms with Crippen LogP contribution in [0.1, 0.15) is 20.3 Å². The number of rotatable bonds is 4. The zero-order valence-electron chi connectivity index (χ0n) is 15.3. The van der Waals surface area contributed by atoms with Crippen LogP contribution in [0.25, 0.3) is 0 Å². The molecule has 0 aliphatic carbocycles. The Kier molecular flexibility index (Phi) is 6.97. The molecule has 0 radical (unpaired) electrons. The van der Waals surface area contributed by atoms with Gasteiger partial charge in [0.05, 0.1) is 5.92 Å². The minimum Gasteiger partial charge on any atom is -0.480 e. The molecular weight excluding hydrogens is 326 g/mol. The van der Waals surface area contributed by atoms with Crippen molar-refractivity contribution in [1.82, 2.24) is 14.7 Å². The number of carboxylic acid groups (broad SMARTS) is 1. The molecule has 25 heavy (non-hydrogen) atoms. The van der Waals surface area contributed by atoms with Gasteiger partial charge >= 0.3 is 5.97 Å². The summed E-state index contributed by atoms with van der Waals surface area (Å²) >= 11 is 0. The first-order chi connectivity index (χ1) is 11.6. The average molecular weight is 351 g/mol. The summed E-state index contributed by atoms with van der Waals surface area (Å²) in [5, 5.41) is 9.30. The Morgan fingerprint density at radius 1 is 1.12 bits per heavy atom. The lowest BCUT2D eigenvalue weighted by molar-refractivity contribution is -0.152. The van der Waals surface area contributed by atoms with Crippen LogP contribution in [0.3, 0.4) is 0 Å². The Balaban J connectivity index is 2.73. The van der Waals surface area contributed by atoms with Gasteiger partial charge in [-0.1, -0.05) is 13.8 Å². The summed E-state index contributed by atoms with van der Waals surface area (Å²) < 4.78 is 0. The van der Waals surface area contributed by atoms with E-state index in [9.17, 15) is 24.3 Å². The number of nitrogens with zero attached hydrogens (tertiary/aromatic N) is 3. The molecule has 1 saturated heterocycles. The summed E-state index contributed by atoms with van der Waals surface area (Å²) in [5.74, 6) is 1.51. The van der Waals surface area contributed by atoms with Gasteiger partial charge in [0.15, 0.2) is 0 Å². The van der Waals surface area contributed by atoms with Crippen molar-refractivity contribution in [2.45, 2.75) is 26.3 Å². The number of likely N-dealkylation sites (N-methyl/N-ethyl adjacent to an activating group) is 1. The normalized spacial score (nSPS) is 17.5. The van der Waals surface area contributed by atoms with E-state index in [4.69, 9.17) is 0 Å². The monoisotopic (exact) mass is 351 g/mol. The highest BCUT2D eigenvalue weighted by molar-refractivity contribution is 6.03. The van der Waals surface area contributed by atoms with Crippen LogP contribution in [0.15, 0.2) is 0 Å². The van der Waals surface area contributed by atoms with Gasteiger partial charge in [-0.15, -0.1) is 0 Å². The molecule has 0 unspecified atom stereocenters. The SMILES string of the molecule is CC(C)[C@@H](C(=O)O)N(C)C(=O)[C@H]1CCN(C(=O)C#CC(=O)N(C)C)C1. The van der Waals surface area contributed by atoms with Crippen molar-refractivity contribution in [3.8, 4) is 11.8 Å². The van der Waals surface area contributed by atoms with E-state index in [0.717, 1.165) is 0 Å². The summed E-state index contributed by atoms with van der Waals surface area (Å²) in [7, 11) is 4.55. The fraction of sp³-hybridized carbons (Fsp3) is 0.647. The zero-order valence-corrected chi connectivity index (χ0v) is 15.3. The highest BCUT2D eigenvalue weighted by Crippen LogP contribution is 2.21. The lowest BCUT2D eigenvalue weighted by Crippen LogP contribution is -2.48. The summed E-state index contributed by atoms with van der Waals surface area (Å²) in [6.07, 6.45) is 0.447. The Morgan fingerprint density at radius 2 is 1.72 bits per heavy atom. The first kappa shape index (κ1) is 20.5. The molecule has 1 aliphatic heterocycles. The second-order valence-electron chi connectivity index (χ2n) is 6.66. The number of aliphatic carboxylic acids is 1. The summed E-state index contributed by atoms with van der Waals surface area (Å²) in [6.45, 7) is 4.01. The van der Waals surface area contributed by atoms with Crippen molar-refractivity contribution >= 4 is 23.7 Å². The van der Waals surface area contributed by atoms with Gasteiger partial charge in [0.25, 0.3) is 11.8 Å². The van der Waals surface area contributed by atoms with Gasteiger partial charge in [-0.3, -0.25) is 14.4 Å². The van der Waals surface area contributed by atoms with Crippen LogP contribution in [0.5, 0.6) is 0 Å².